The van der Waals surface area contributed by atoms with Gasteiger partial charge in [0.1, 0.15) is 0 Å². The predicted octanol–water partition coefficient (Wildman–Crippen LogP) is 4.32. The molecule has 0 aromatic heterocycles. The molecule has 32 heavy (non-hydrogen) atoms. The monoisotopic (exact) mass is 437 g/mol. The second-order valence-electron chi connectivity index (χ2n) is 7.90. The SMILES string of the molecule is CCCOC(=O)c1ccc(NC(=O)CNc2cccc(C(=O)N3CCCCCC3)c2)cc1. The van der Waals surface area contributed by atoms with E-state index < -0.39 is 0 Å². The third kappa shape index (κ3) is 6.83. The molecule has 1 aliphatic rings. The zero-order valence-corrected chi connectivity index (χ0v) is 18.6. The highest BCUT2D eigenvalue weighted by Crippen LogP contribution is 2.17. The molecule has 2 aromatic rings. The number of esters is 1. The van der Waals surface area contributed by atoms with Crippen molar-refractivity contribution in [1.29, 1.82) is 0 Å². The van der Waals surface area contributed by atoms with Crippen molar-refractivity contribution in [2.45, 2.75) is 39.0 Å². The van der Waals surface area contributed by atoms with E-state index in [2.05, 4.69) is 10.6 Å². The Hall–Kier alpha value is -3.35. The highest BCUT2D eigenvalue weighted by molar-refractivity contribution is 5.96. The Bertz CT molecular complexity index is 919. The smallest absolute Gasteiger partial charge is 0.338 e. The molecule has 1 saturated heterocycles. The van der Waals surface area contributed by atoms with Gasteiger partial charge in [0, 0.05) is 30.0 Å². The summed E-state index contributed by atoms with van der Waals surface area (Å²) in [6, 6.07) is 13.8. The van der Waals surface area contributed by atoms with Crippen molar-refractivity contribution in [2.75, 3.05) is 36.9 Å². The third-order valence-corrected chi connectivity index (χ3v) is 5.30. The third-order valence-electron chi connectivity index (χ3n) is 5.30. The van der Waals surface area contributed by atoms with Crippen LogP contribution in [0.3, 0.4) is 0 Å². The standard InChI is InChI=1S/C25H31N3O4/c1-2-16-32-25(31)19-10-12-21(13-11-19)27-23(29)18-26-22-9-7-8-20(17-22)24(30)28-14-5-3-4-6-15-28/h7-13,17,26H,2-6,14-16,18H2,1H3,(H,27,29). The van der Waals surface area contributed by atoms with Crippen molar-refractivity contribution in [2.24, 2.45) is 0 Å². The van der Waals surface area contributed by atoms with Crippen molar-refractivity contribution in [1.82, 2.24) is 4.90 Å². The lowest BCUT2D eigenvalue weighted by molar-refractivity contribution is -0.114. The number of carbonyl (C=O) groups excluding carboxylic acids is 3. The normalized spacial score (nSPS) is 13.7. The number of hydrogen-bond donors (Lipinski definition) is 2. The zero-order chi connectivity index (χ0) is 22.8. The van der Waals surface area contributed by atoms with Gasteiger partial charge in [0.2, 0.25) is 5.91 Å². The summed E-state index contributed by atoms with van der Waals surface area (Å²) >= 11 is 0. The Morgan fingerprint density at radius 2 is 1.62 bits per heavy atom. The average Bonchev–Trinajstić information content (AvgIpc) is 3.11. The molecule has 0 unspecified atom stereocenters. The summed E-state index contributed by atoms with van der Waals surface area (Å²) in [4.78, 5) is 38.9. The molecule has 1 fully saturated rings. The predicted molar refractivity (Wildman–Crippen MR) is 125 cm³/mol. The van der Waals surface area contributed by atoms with E-state index in [0.29, 0.717) is 23.4 Å². The van der Waals surface area contributed by atoms with Gasteiger partial charge < -0.3 is 20.3 Å². The minimum absolute atomic E-state index is 0.0394. The number of ether oxygens (including phenoxy) is 1. The van der Waals surface area contributed by atoms with Gasteiger partial charge in [-0.1, -0.05) is 25.8 Å². The fourth-order valence-electron chi connectivity index (χ4n) is 3.57. The van der Waals surface area contributed by atoms with Gasteiger partial charge in [-0.3, -0.25) is 9.59 Å². The number of rotatable bonds is 8. The lowest BCUT2D eigenvalue weighted by atomic mass is 10.1. The summed E-state index contributed by atoms with van der Waals surface area (Å²) in [5, 5.41) is 5.86. The second-order valence-corrected chi connectivity index (χ2v) is 7.90. The van der Waals surface area contributed by atoms with E-state index >= 15 is 0 Å². The van der Waals surface area contributed by atoms with Crippen LogP contribution >= 0.6 is 0 Å². The topological polar surface area (TPSA) is 87.7 Å². The van der Waals surface area contributed by atoms with Gasteiger partial charge >= 0.3 is 5.97 Å². The molecule has 0 bridgehead atoms. The molecule has 0 spiro atoms. The Morgan fingerprint density at radius 1 is 0.906 bits per heavy atom. The summed E-state index contributed by atoms with van der Waals surface area (Å²) in [7, 11) is 0. The average molecular weight is 438 g/mol. The molecule has 0 radical (unpaired) electrons. The number of likely N-dealkylation sites (tertiary alicyclic amines) is 1. The maximum Gasteiger partial charge on any atom is 0.338 e. The first kappa shape index (κ1) is 23.3. The van der Waals surface area contributed by atoms with E-state index in [1.54, 1.807) is 30.3 Å². The van der Waals surface area contributed by atoms with E-state index in [9.17, 15) is 14.4 Å². The maximum atomic E-state index is 12.8. The Kier molecular flexibility index (Phi) is 8.66. The highest BCUT2D eigenvalue weighted by Gasteiger charge is 2.17. The number of benzene rings is 2. The van der Waals surface area contributed by atoms with Crippen LogP contribution in [0.2, 0.25) is 0 Å². The molecular formula is C25H31N3O4. The van der Waals surface area contributed by atoms with Crippen molar-refractivity contribution >= 4 is 29.2 Å². The second kappa shape index (κ2) is 11.9. The number of nitrogens with zero attached hydrogens (tertiary/aromatic N) is 1. The Morgan fingerprint density at radius 3 is 2.31 bits per heavy atom. The zero-order valence-electron chi connectivity index (χ0n) is 18.6. The first-order chi connectivity index (χ1) is 15.6. The highest BCUT2D eigenvalue weighted by atomic mass is 16.5. The van der Waals surface area contributed by atoms with Crippen LogP contribution in [-0.4, -0.2) is 48.9 Å². The molecular weight excluding hydrogens is 406 g/mol. The number of anilines is 2. The molecule has 0 aliphatic carbocycles. The first-order valence-corrected chi connectivity index (χ1v) is 11.3. The molecule has 170 valence electrons. The van der Waals surface area contributed by atoms with Crippen LogP contribution in [0.4, 0.5) is 11.4 Å². The fraction of sp³-hybridized carbons (Fsp3) is 0.400. The van der Waals surface area contributed by atoms with Crippen molar-refractivity contribution < 1.29 is 19.1 Å². The van der Waals surface area contributed by atoms with Crippen LogP contribution in [-0.2, 0) is 9.53 Å². The van der Waals surface area contributed by atoms with Gasteiger partial charge in [-0.25, -0.2) is 4.79 Å². The van der Waals surface area contributed by atoms with E-state index in [0.717, 1.165) is 38.0 Å². The van der Waals surface area contributed by atoms with Gasteiger partial charge in [-0.15, -0.1) is 0 Å². The maximum absolute atomic E-state index is 12.8. The van der Waals surface area contributed by atoms with Crippen LogP contribution in [0.25, 0.3) is 0 Å². The van der Waals surface area contributed by atoms with Crippen LogP contribution in [0, 0.1) is 0 Å². The molecule has 2 amide bonds. The Labute approximate surface area is 189 Å². The van der Waals surface area contributed by atoms with Gasteiger partial charge in [-0.05, 0) is 61.7 Å². The van der Waals surface area contributed by atoms with Gasteiger partial charge in [-0.2, -0.15) is 0 Å². The van der Waals surface area contributed by atoms with Gasteiger partial charge in [0.25, 0.3) is 5.91 Å². The lowest BCUT2D eigenvalue weighted by Crippen LogP contribution is -2.31. The van der Waals surface area contributed by atoms with Crippen LogP contribution < -0.4 is 10.6 Å². The minimum Gasteiger partial charge on any atom is -0.462 e. The number of amides is 2. The summed E-state index contributed by atoms with van der Waals surface area (Å²) in [6.07, 6.45) is 5.20. The largest absolute Gasteiger partial charge is 0.462 e. The summed E-state index contributed by atoms with van der Waals surface area (Å²) in [5.74, 6) is -0.561. The molecule has 2 N–H and O–H groups in total. The van der Waals surface area contributed by atoms with E-state index in [1.807, 2.05) is 30.0 Å². The molecule has 7 heteroatoms. The number of nitrogens with one attached hydrogen (secondary N) is 2. The van der Waals surface area contributed by atoms with E-state index in [1.165, 1.54) is 12.8 Å². The molecule has 1 aliphatic heterocycles. The van der Waals surface area contributed by atoms with Crippen molar-refractivity contribution in [3.8, 4) is 0 Å². The van der Waals surface area contributed by atoms with E-state index in [4.69, 9.17) is 4.74 Å². The van der Waals surface area contributed by atoms with Gasteiger partial charge in [0.05, 0.1) is 18.7 Å². The summed E-state index contributed by atoms with van der Waals surface area (Å²) in [5.41, 5.74) is 2.38. The Balaban J connectivity index is 1.51. The fourth-order valence-corrected chi connectivity index (χ4v) is 3.57. The number of carbonyl (C=O) groups is 3. The molecule has 2 aromatic carbocycles. The van der Waals surface area contributed by atoms with Gasteiger partial charge in [0.15, 0.2) is 0 Å². The lowest BCUT2D eigenvalue weighted by Gasteiger charge is -2.20. The first-order valence-electron chi connectivity index (χ1n) is 11.3. The quantitative estimate of drug-likeness (QED) is 0.601. The molecule has 1 heterocycles. The molecule has 3 rings (SSSR count). The number of hydrogen-bond acceptors (Lipinski definition) is 5. The molecule has 0 saturated carbocycles. The van der Waals surface area contributed by atoms with Crippen molar-refractivity contribution in [3.63, 3.8) is 0 Å². The van der Waals surface area contributed by atoms with Crippen LogP contribution in [0.15, 0.2) is 48.5 Å². The van der Waals surface area contributed by atoms with Crippen LogP contribution in [0.1, 0.15) is 59.7 Å². The summed E-state index contributed by atoms with van der Waals surface area (Å²) in [6.45, 7) is 3.97. The van der Waals surface area contributed by atoms with E-state index in [-0.39, 0.29) is 24.3 Å². The molecule has 7 nitrogen and oxygen atoms in total. The van der Waals surface area contributed by atoms with Crippen molar-refractivity contribution in [3.05, 3.63) is 59.7 Å². The summed E-state index contributed by atoms with van der Waals surface area (Å²) < 4.78 is 5.09. The molecule has 0 atom stereocenters. The minimum atomic E-state index is -0.374. The van der Waals surface area contributed by atoms with Crippen LogP contribution in [0.5, 0.6) is 0 Å².